The van der Waals surface area contributed by atoms with Crippen molar-refractivity contribution >= 4 is 23.3 Å². The second-order valence-corrected chi connectivity index (χ2v) is 4.76. The summed E-state index contributed by atoms with van der Waals surface area (Å²) in [7, 11) is 0. The van der Waals surface area contributed by atoms with Gasteiger partial charge in [-0.1, -0.05) is 11.6 Å². The number of nitro groups is 1. The molecule has 112 valence electrons. The third-order valence-electron chi connectivity index (χ3n) is 2.93. The summed E-state index contributed by atoms with van der Waals surface area (Å²) in [6, 6.07) is 8.22. The van der Waals surface area contributed by atoms with Gasteiger partial charge in [0.05, 0.1) is 4.92 Å². The van der Waals surface area contributed by atoms with E-state index in [-0.39, 0.29) is 28.8 Å². The molecule has 0 radical (unpaired) electrons. The molecular formula is C14H8ClNO6. The monoisotopic (exact) mass is 321 g/mol. The summed E-state index contributed by atoms with van der Waals surface area (Å²) in [5.74, 6) is 0.274. The second-order valence-electron chi connectivity index (χ2n) is 4.32. The van der Waals surface area contributed by atoms with E-state index in [1.807, 2.05) is 0 Å². The Bertz CT molecular complexity index is 776. The van der Waals surface area contributed by atoms with E-state index >= 15 is 0 Å². The van der Waals surface area contributed by atoms with Gasteiger partial charge in [0.15, 0.2) is 11.5 Å². The fourth-order valence-corrected chi connectivity index (χ4v) is 2.11. The Labute approximate surface area is 129 Å². The lowest BCUT2D eigenvalue weighted by atomic mass is 10.2. The maximum absolute atomic E-state index is 12.1. The first-order chi connectivity index (χ1) is 10.5. The normalized spacial score (nSPS) is 12.0. The summed E-state index contributed by atoms with van der Waals surface area (Å²) in [6.07, 6.45) is 0. The number of ether oxygens (including phenoxy) is 3. The SMILES string of the molecule is O=C(Oc1ccc2c(c1)OCO2)c1cc(Cl)ccc1[N+](=O)[O-]. The molecule has 1 aliphatic rings. The molecule has 8 heteroatoms. The van der Waals surface area contributed by atoms with Gasteiger partial charge in [0, 0.05) is 17.2 Å². The van der Waals surface area contributed by atoms with E-state index < -0.39 is 10.9 Å². The average Bonchev–Trinajstić information content (AvgIpc) is 2.94. The van der Waals surface area contributed by atoms with Crippen LogP contribution in [0.2, 0.25) is 5.02 Å². The molecule has 22 heavy (non-hydrogen) atoms. The quantitative estimate of drug-likeness (QED) is 0.373. The third-order valence-corrected chi connectivity index (χ3v) is 3.16. The number of halogens is 1. The molecular weight excluding hydrogens is 314 g/mol. The highest BCUT2D eigenvalue weighted by Crippen LogP contribution is 2.35. The van der Waals surface area contributed by atoms with Gasteiger partial charge in [0.25, 0.3) is 5.69 Å². The molecule has 7 nitrogen and oxygen atoms in total. The summed E-state index contributed by atoms with van der Waals surface area (Å²) < 4.78 is 15.4. The van der Waals surface area contributed by atoms with Gasteiger partial charge in [-0.15, -0.1) is 0 Å². The number of carbonyl (C=O) groups is 1. The number of benzene rings is 2. The molecule has 3 rings (SSSR count). The van der Waals surface area contributed by atoms with Gasteiger partial charge in [-0.05, 0) is 24.3 Å². The van der Waals surface area contributed by atoms with E-state index in [2.05, 4.69) is 0 Å². The molecule has 2 aromatic carbocycles. The molecule has 0 aromatic heterocycles. The lowest BCUT2D eigenvalue weighted by molar-refractivity contribution is -0.385. The maximum atomic E-state index is 12.1. The number of hydrogen-bond donors (Lipinski definition) is 0. The standard InChI is InChI=1S/C14H8ClNO6/c15-8-1-3-11(16(18)19)10(5-8)14(17)22-9-2-4-12-13(6-9)21-7-20-12/h1-6H,7H2. The zero-order valence-corrected chi connectivity index (χ0v) is 11.7. The molecule has 0 N–H and O–H groups in total. The van der Waals surface area contributed by atoms with Crippen LogP contribution in [-0.2, 0) is 0 Å². The Morgan fingerprint density at radius 3 is 2.73 bits per heavy atom. The molecule has 1 aliphatic heterocycles. The molecule has 0 atom stereocenters. The first-order valence-corrected chi connectivity index (χ1v) is 6.48. The summed E-state index contributed by atoms with van der Waals surface area (Å²) in [6.45, 7) is 0.0898. The number of rotatable bonds is 3. The molecule has 0 amide bonds. The van der Waals surface area contributed by atoms with E-state index in [9.17, 15) is 14.9 Å². The first kappa shape index (κ1) is 14.2. The number of carbonyl (C=O) groups excluding carboxylic acids is 1. The minimum Gasteiger partial charge on any atom is -0.454 e. The lowest BCUT2D eigenvalue weighted by Crippen LogP contribution is -2.11. The van der Waals surface area contributed by atoms with E-state index in [0.29, 0.717) is 11.5 Å². The topological polar surface area (TPSA) is 87.9 Å². The lowest BCUT2D eigenvalue weighted by Gasteiger charge is -2.06. The number of hydrogen-bond acceptors (Lipinski definition) is 6. The van der Waals surface area contributed by atoms with Crippen molar-refractivity contribution in [3.63, 3.8) is 0 Å². The largest absolute Gasteiger partial charge is 0.454 e. The molecule has 0 spiro atoms. The van der Waals surface area contributed by atoms with Crippen molar-refractivity contribution in [2.75, 3.05) is 6.79 Å². The van der Waals surface area contributed by atoms with E-state index in [1.54, 1.807) is 6.07 Å². The fourth-order valence-electron chi connectivity index (χ4n) is 1.93. The first-order valence-electron chi connectivity index (χ1n) is 6.10. The smallest absolute Gasteiger partial charge is 0.350 e. The van der Waals surface area contributed by atoms with Crippen LogP contribution in [0.15, 0.2) is 36.4 Å². The van der Waals surface area contributed by atoms with Crippen molar-refractivity contribution in [3.8, 4) is 17.2 Å². The molecule has 0 aliphatic carbocycles. The van der Waals surface area contributed by atoms with Gasteiger partial charge in [0.2, 0.25) is 6.79 Å². The molecule has 0 fully saturated rings. The van der Waals surface area contributed by atoms with Gasteiger partial charge < -0.3 is 14.2 Å². The van der Waals surface area contributed by atoms with Crippen molar-refractivity contribution < 1.29 is 23.9 Å². The molecule has 1 heterocycles. The van der Waals surface area contributed by atoms with Crippen molar-refractivity contribution in [2.24, 2.45) is 0 Å². The van der Waals surface area contributed by atoms with Crippen LogP contribution in [0.1, 0.15) is 10.4 Å². The summed E-state index contributed by atoms with van der Waals surface area (Å²) in [5.41, 5.74) is -0.606. The fraction of sp³-hybridized carbons (Fsp3) is 0.0714. The van der Waals surface area contributed by atoms with Crippen LogP contribution in [0.25, 0.3) is 0 Å². The number of nitro benzene ring substituents is 1. The number of nitrogens with zero attached hydrogens (tertiary/aromatic N) is 1. The average molecular weight is 322 g/mol. The zero-order chi connectivity index (χ0) is 15.7. The predicted octanol–water partition coefficient (Wildman–Crippen LogP) is 3.20. The molecule has 2 aromatic rings. The highest BCUT2D eigenvalue weighted by Gasteiger charge is 2.23. The molecule has 0 saturated carbocycles. The van der Waals surface area contributed by atoms with Crippen molar-refractivity contribution in [1.29, 1.82) is 0 Å². The summed E-state index contributed by atoms with van der Waals surface area (Å²) in [5, 5.41) is 11.2. The van der Waals surface area contributed by atoms with Gasteiger partial charge in [-0.2, -0.15) is 0 Å². The zero-order valence-electron chi connectivity index (χ0n) is 10.9. The van der Waals surface area contributed by atoms with Gasteiger partial charge in [0.1, 0.15) is 11.3 Å². The Morgan fingerprint density at radius 1 is 1.18 bits per heavy atom. The minimum absolute atomic E-state index is 0.0898. The van der Waals surface area contributed by atoms with Gasteiger partial charge in [-0.3, -0.25) is 10.1 Å². The maximum Gasteiger partial charge on any atom is 0.350 e. The summed E-state index contributed by atoms with van der Waals surface area (Å²) >= 11 is 5.78. The van der Waals surface area contributed by atoms with Gasteiger partial charge in [-0.25, -0.2) is 4.79 Å². The van der Waals surface area contributed by atoms with Crippen LogP contribution < -0.4 is 14.2 Å². The van der Waals surface area contributed by atoms with E-state index in [1.165, 1.54) is 24.3 Å². The second kappa shape index (κ2) is 5.53. The Hall–Kier alpha value is -2.80. The highest BCUT2D eigenvalue weighted by molar-refractivity contribution is 6.31. The molecule has 0 saturated heterocycles. The number of esters is 1. The number of fused-ring (bicyclic) bond motifs is 1. The van der Waals surface area contributed by atoms with E-state index in [0.717, 1.165) is 6.07 Å². The third kappa shape index (κ3) is 2.66. The van der Waals surface area contributed by atoms with Gasteiger partial charge >= 0.3 is 5.97 Å². The van der Waals surface area contributed by atoms with Crippen molar-refractivity contribution in [2.45, 2.75) is 0 Å². The van der Waals surface area contributed by atoms with Crippen LogP contribution in [0.5, 0.6) is 17.2 Å². The van der Waals surface area contributed by atoms with Crippen LogP contribution in [0, 0.1) is 10.1 Å². The van der Waals surface area contributed by atoms with Crippen molar-refractivity contribution in [3.05, 3.63) is 57.1 Å². The summed E-state index contributed by atoms with van der Waals surface area (Å²) in [4.78, 5) is 22.4. The van der Waals surface area contributed by atoms with Crippen LogP contribution in [0.3, 0.4) is 0 Å². The van der Waals surface area contributed by atoms with Crippen LogP contribution in [0.4, 0.5) is 5.69 Å². The Balaban J connectivity index is 1.89. The minimum atomic E-state index is -0.881. The highest BCUT2D eigenvalue weighted by atomic mass is 35.5. The van der Waals surface area contributed by atoms with Crippen molar-refractivity contribution in [1.82, 2.24) is 0 Å². The van der Waals surface area contributed by atoms with E-state index in [4.69, 9.17) is 25.8 Å². The van der Waals surface area contributed by atoms with Crippen LogP contribution >= 0.6 is 11.6 Å². The molecule has 0 bridgehead atoms. The Morgan fingerprint density at radius 2 is 1.95 bits per heavy atom. The van der Waals surface area contributed by atoms with Crippen LogP contribution in [-0.4, -0.2) is 17.7 Å². The Kier molecular flexibility index (Phi) is 3.56. The molecule has 0 unspecified atom stereocenters. The predicted molar refractivity (Wildman–Crippen MR) is 75.6 cm³/mol.